The van der Waals surface area contributed by atoms with Crippen LogP contribution in [0.2, 0.25) is 5.15 Å². The molecule has 0 atom stereocenters. The van der Waals surface area contributed by atoms with E-state index in [1.165, 1.54) is 0 Å². The number of pyridine rings is 1. The molecule has 8 nitrogen and oxygen atoms in total. The summed E-state index contributed by atoms with van der Waals surface area (Å²) in [5.41, 5.74) is 0.285. The number of piperazine rings is 1. The Labute approximate surface area is 145 Å². The molecule has 0 saturated carbocycles. The van der Waals surface area contributed by atoms with Crippen molar-refractivity contribution in [1.82, 2.24) is 9.88 Å². The average Bonchev–Trinajstić information content (AvgIpc) is 2.44. The van der Waals surface area contributed by atoms with Gasteiger partial charge < -0.3 is 14.5 Å². The first kappa shape index (κ1) is 18.3. The van der Waals surface area contributed by atoms with Gasteiger partial charge in [0.15, 0.2) is 0 Å². The summed E-state index contributed by atoms with van der Waals surface area (Å²) in [6, 6.07) is 1.65. The topological polar surface area (TPSA) is 88.8 Å². The van der Waals surface area contributed by atoms with Crippen molar-refractivity contribution in [2.45, 2.75) is 33.3 Å². The monoisotopic (exact) mass is 356 g/mol. The first-order valence-electron chi connectivity index (χ1n) is 7.63. The highest BCUT2D eigenvalue weighted by molar-refractivity contribution is 6.32. The molecule has 0 N–H and O–H groups in total. The molecule has 1 aliphatic heterocycles. The van der Waals surface area contributed by atoms with Gasteiger partial charge in [-0.3, -0.25) is 10.1 Å². The summed E-state index contributed by atoms with van der Waals surface area (Å²) >= 11 is 5.94. The van der Waals surface area contributed by atoms with Crippen LogP contribution < -0.4 is 4.90 Å². The van der Waals surface area contributed by atoms with Crippen LogP contribution in [0, 0.1) is 17.0 Å². The summed E-state index contributed by atoms with van der Waals surface area (Å²) < 4.78 is 5.35. The molecule has 1 aromatic rings. The van der Waals surface area contributed by atoms with Crippen molar-refractivity contribution in [3.8, 4) is 0 Å². The molecule has 132 valence electrons. The number of ether oxygens (including phenoxy) is 1. The largest absolute Gasteiger partial charge is 0.444 e. The summed E-state index contributed by atoms with van der Waals surface area (Å²) in [6.07, 6.45) is -0.374. The quantitative estimate of drug-likeness (QED) is 0.459. The number of amides is 1. The third kappa shape index (κ3) is 4.25. The number of hydrogen-bond acceptors (Lipinski definition) is 6. The second kappa shape index (κ2) is 6.80. The number of aromatic nitrogens is 1. The minimum atomic E-state index is -0.553. The molecular formula is C15H21ClN4O4. The molecule has 0 spiro atoms. The van der Waals surface area contributed by atoms with Gasteiger partial charge in [0.25, 0.3) is 0 Å². The number of aryl methyl sites for hydroxylation is 1. The van der Waals surface area contributed by atoms with Gasteiger partial charge >= 0.3 is 11.8 Å². The van der Waals surface area contributed by atoms with E-state index in [4.69, 9.17) is 16.3 Å². The zero-order valence-corrected chi connectivity index (χ0v) is 15.0. The van der Waals surface area contributed by atoms with Gasteiger partial charge in [-0.05, 0) is 33.8 Å². The maximum absolute atomic E-state index is 12.1. The Balaban J connectivity index is 2.13. The molecule has 1 amide bonds. The number of halogens is 1. The fourth-order valence-electron chi connectivity index (χ4n) is 2.48. The summed E-state index contributed by atoms with van der Waals surface area (Å²) in [7, 11) is 0. The van der Waals surface area contributed by atoms with Gasteiger partial charge in [0, 0.05) is 31.9 Å². The summed E-state index contributed by atoms with van der Waals surface area (Å²) in [5, 5.41) is 11.2. The van der Waals surface area contributed by atoms with E-state index in [0.29, 0.717) is 37.6 Å². The second-order valence-electron chi connectivity index (χ2n) is 6.63. The number of nitrogens with zero attached hydrogens (tertiary/aromatic N) is 4. The molecule has 1 saturated heterocycles. The van der Waals surface area contributed by atoms with Crippen LogP contribution in [0.3, 0.4) is 0 Å². The molecule has 0 aliphatic carbocycles. The van der Waals surface area contributed by atoms with Gasteiger partial charge in [0.05, 0.1) is 4.92 Å². The van der Waals surface area contributed by atoms with E-state index < -0.39 is 10.5 Å². The van der Waals surface area contributed by atoms with Crippen molar-refractivity contribution in [2.24, 2.45) is 0 Å². The van der Waals surface area contributed by atoms with Gasteiger partial charge in [-0.15, -0.1) is 0 Å². The maximum atomic E-state index is 12.1. The fourth-order valence-corrected chi connectivity index (χ4v) is 2.78. The number of anilines is 1. The number of carbonyl (C=O) groups is 1. The van der Waals surface area contributed by atoms with Crippen LogP contribution >= 0.6 is 11.6 Å². The number of rotatable bonds is 2. The van der Waals surface area contributed by atoms with Crippen LogP contribution in [0.5, 0.6) is 0 Å². The van der Waals surface area contributed by atoms with Crippen LogP contribution in [0.1, 0.15) is 26.5 Å². The molecule has 1 aliphatic rings. The zero-order chi connectivity index (χ0) is 18.1. The molecule has 0 unspecified atom stereocenters. The third-order valence-corrected chi connectivity index (χ3v) is 3.78. The smallest absolute Gasteiger partial charge is 0.410 e. The van der Waals surface area contributed by atoms with E-state index in [1.807, 2.05) is 25.7 Å². The highest BCUT2D eigenvalue weighted by Crippen LogP contribution is 2.35. The Morgan fingerprint density at radius 3 is 2.42 bits per heavy atom. The van der Waals surface area contributed by atoms with Crippen molar-refractivity contribution < 1.29 is 14.5 Å². The van der Waals surface area contributed by atoms with E-state index in [0.717, 1.165) is 0 Å². The lowest BCUT2D eigenvalue weighted by molar-refractivity contribution is -0.384. The Hall–Kier alpha value is -2.09. The van der Waals surface area contributed by atoms with Crippen LogP contribution in [-0.4, -0.2) is 52.7 Å². The van der Waals surface area contributed by atoms with Gasteiger partial charge in [0.2, 0.25) is 5.15 Å². The molecule has 0 radical (unpaired) electrons. The Morgan fingerprint density at radius 2 is 1.92 bits per heavy atom. The minimum Gasteiger partial charge on any atom is -0.444 e. The highest BCUT2D eigenvalue weighted by atomic mass is 35.5. The minimum absolute atomic E-state index is 0.121. The summed E-state index contributed by atoms with van der Waals surface area (Å²) in [5.74, 6) is 0. The summed E-state index contributed by atoms with van der Waals surface area (Å²) in [4.78, 5) is 30.3. The lowest BCUT2D eigenvalue weighted by atomic mass is 10.2. The zero-order valence-electron chi connectivity index (χ0n) is 14.2. The number of nitro groups is 1. The van der Waals surface area contributed by atoms with E-state index in [-0.39, 0.29) is 16.9 Å². The van der Waals surface area contributed by atoms with E-state index in [1.54, 1.807) is 17.9 Å². The predicted octanol–water partition coefficient (Wildman–Crippen LogP) is 3.01. The fraction of sp³-hybridized carbons (Fsp3) is 0.600. The van der Waals surface area contributed by atoms with E-state index >= 15 is 0 Å². The SMILES string of the molecule is Cc1cc(N2CCN(C(=O)OC(C)(C)C)CC2)c([N+](=O)[O-])c(Cl)n1. The van der Waals surface area contributed by atoms with Crippen molar-refractivity contribution in [3.63, 3.8) is 0 Å². The second-order valence-corrected chi connectivity index (χ2v) is 6.99. The number of carbonyl (C=O) groups excluding carboxylic acids is 1. The van der Waals surface area contributed by atoms with Crippen LogP contribution in [0.4, 0.5) is 16.2 Å². The molecule has 0 bridgehead atoms. The van der Waals surface area contributed by atoms with Crippen molar-refractivity contribution >= 4 is 29.1 Å². The average molecular weight is 357 g/mol. The molecule has 0 aromatic carbocycles. The highest BCUT2D eigenvalue weighted by Gasteiger charge is 2.30. The van der Waals surface area contributed by atoms with Gasteiger partial charge in [-0.2, -0.15) is 0 Å². The number of hydrogen-bond donors (Lipinski definition) is 0. The Bertz CT molecular complexity index is 652. The van der Waals surface area contributed by atoms with Gasteiger partial charge in [0.1, 0.15) is 11.3 Å². The maximum Gasteiger partial charge on any atom is 0.410 e. The Kier molecular flexibility index (Phi) is 5.17. The molecule has 9 heteroatoms. The standard InChI is InChI=1S/C15H21ClN4O4/c1-10-9-11(12(20(22)23)13(16)17-10)18-5-7-19(8-6-18)14(21)24-15(2,3)4/h9H,5-8H2,1-4H3. The first-order chi connectivity index (χ1) is 11.1. The molecular weight excluding hydrogens is 336 g/mol. The van der Waals surface area contributed by atoms with E-state index in [2.05, 4.69) is 4.98 Å². The molecule has 1 aromatic heterocycles. The third-order valence-electron chi connectivity index (χ3n) is 3.51. The molecule has 2 rings (SSSR count). The van der Waals surface area contributed by atoms with Crippen molar-refractivity contribution in [2.75, 3.05) is 31.1 Å². The lowest BCUT2D eigenvalue weighted by Crippen LogP contribution is -2.50. The summed E-state index contributed by atoms with van der Waals surface area (Å²) in [6.45, 7) is 8.93. The predicted molar refractivity (Wildman–Crippen MR) is 90.7 cm³/mol. The molecule has 24 heavy (non-hydrogen) atoms. The van der Waals surface area contributed by atoms with E-state index in [9.17, 15) is 14.9 Å². The molecule has 1 fully saturated rings. The van der Waals surface area contributed by atoms with Crippen molar-refractivity contribution in [3.05, 3.63) is 27.0 Å². The van der Waals surface area contributed by atoms with Crippen LogP contribution in [-0.2, 0) is 4.74 Å². The Morgan fingerprint density at radius 1 is 1.33 bits per heavy atom. The van der Waals surface area contributed by atoms with Crippen LogP contribution in [0.25, 0.3) is 0 Å². The molecule has 2 heterocycles. The van der Waals surface area contributed by atoms with Gasteiger partial charge in [-0.25, -0.2) is 9.78 Å². The normalized spacial score (nSPS) is 15.4. The van der Waals surface area contributed by atoms with Crippen LogP contribution in [0.15, 0.2) is 6.07 Å². The lowest BCUT2D eigenvalue weighted by Gasteiger charge is -2.36. The van der Waals surface area contributed by atoms with Gasteiger partial charge in [-0.1, -0.05) is 11.6 Å². The van der Waals surface area contributed by atoms with Crippen molar-refractivity contribution in [1.29, 1.82) is 0 Å². The first-order valence-corrected chi connectivity index (χ1v) is 8.00.